The molecule has 1 heterocycles. The molecule has 2 aliphatic carbocycles. The molecule has 0 unspecified atom stereocenters. The van der Waals surface area contributed by atoms with Crippen LogP contribution >= 0.6 is 0 Å². The first-order chi connectivity index (χ1) is 8.35. The molecule has 0 amide bonds. The van der Waals surface area contributed by atoms with Crippen LogP contribution in [0, 0.1) is 0 Å². The molecule has 3 heteroatoms. The molecule has 1 fully saturated rings. The van der Waals surface area contributed by atoms with E-state index in [1.54, 1.807) is 0 Å². The Morgan fingerprint density at radius 1 is 1.06 bits per heavy atom. The second-order valence-corrected chi connectivity index (χ2v) is 5.23. The summed E-state index contributed by atoms with van der Waals surface area (Å²) in [6.45, 7) is 0.570. The molecule has 1 saturated carbocycles. The van der Waals surface area contributed by atoms with Crippen LogP contribution < -0.4 is 5.73 Å². The molecule has 2 N–H and O–H groups in total. The van der Waals surface area contributed by atoms with Crippen molar-refractivity contribution in [3.05, 3.63) is 35.2 Å². The van der Waals surface area contributed by atoms with Gasteiger partial charge in [-0.1, -0.05) is 6.07 Å². The van der Waals surface area contributed by atoms with E-state index in [0.717, 1.165) is 16.6 Å². The highest BCUT2D eigenvalue weighted by Gasteiger charge is 2.39. The zero-order chi connectivity index (χ0) is 11.4. The second-order valence-electron chi connectivity index (χ2n) is 5.23. The number of fused-ring (bicyclic) bond motifs is 6. The highest BCUT2D eigenvalue weighted by molar-refractivity contribution is 5.76. The summed E-state index contributed by atoms with van der Waals surface area (Å²) in [7, 11) is 0. The molecule has 2 aromatic rings. The number of aromatic nitrogens is 2. The molecule has 0 spiro atoms. The molecule has 4 rings (SSSR count). The van der Waals surface area contributed by atoms with Crippen LogP contribution in [-0.2, 0) is 6.54 Å². The van der Waals surface area contributed by atoms with Crippen molar-refractivity contribution in [2.45, 2.75) is 37.6 Å². The van der Waals surface area contributed by atoms with Gasteiger partial charge in [0.1, 0.15) is 0 Å². The first kappa shape index (κ1) is 9.54. The summed E-state index contributed by atoms with van der Waals surface area (Å²) in [5.41, 5.74) is 11.4. The van der Waals surface area contributed by atoms with Crippen molar-refractivity contribution in [1.82, 2.24) is 9.97 Å². The zero-order valence-corrected chi connectivity index (χ0v) is 9.69. The SMILES string of the molecule is NCc1ccc2nc3c(nc2c1)[C@H]1CC[C@H]3C1. The molecule has 2 bridgehead atoms. The molecule has 17 heavy (non-hydrogen) atoms. The molecule has 0 saturated heterocycles. The number of hydrogen-bond donors (Lipinski definition) is 1. The Hall–Kier alpha value is -1.48. The van der Waals surface area contributed by atoms with Gasteiger partial charge < -0.3 is 5.73 Å². The lowest BCUT2D eigenvalue weighted by molar-refractivity contribution is 0.685. The van der Waals surface area contributed by atoms with Crippen molar-refractivity contribution in [2.24, 2.45) is 5.73 Å². The van der Waals surface area contributed by atoms with E-state index in [-0.39, 0.29) is 0 Å². The number of rotatable bonds is 1. The van der Waals surface area contributed by atoms with Crippen LogP contribution in [0.1, 0.15) is 48.0 Å². The van der Waals surface area contributed by atoms with E-state index in [0.29, 0.717) is 18.4 Å². The van der Waals surface area contributed by atoms with Gasteiger partial charge in [0.15, 0.2) is 0 Å². The summed E-state index contributed by atoms with van der Waals surface area (Å²) in [6.07, 6.45) is 3.88. The van der Waals surface area contributed by atoms with E-state index in [1.165, 1.54) is 30.7 Å². The largest absolute Gasteiger partial charge is 0.326 e. The lowest BCUT2D eigenvalue weighted by atomic mass is 10.00. The predicted molar refractivity (Wildman–Crippen MR) is 66.8 cm³/mol. The Kier molecular flexibility index (Phi) is 1.83. The Balaban J connectivity index is 1.97. The van der Waals surface area contributed by atoms with Gasteiger partial charge in [-0.25, -0.2) is 9.97 Å². The summed E-state index contributed by atoms with van der Waals surface area (Å²) in [5.74, 6) is 1.36. The van der Waals surface area contributed by atoms with E-state index < -0.39 is 0 Å². The minimum absolute atomic E-state index is 0.570. The first-order valence-electron chi connectivity index (χ1n) is 6.35. The molecule has 1 aromatic heterocycles. The minimum atomic E-state index is 0.570. The highest BCUT2D eigenvalue weighted by Crippen LogP contribution is 2.51. The van der Waals surface area contributed by atoms with E-state index >= 15 is 0 Å². The van der Waals surface area contributed by atoms with Crippen molar-refractivity contribution in [3.8, 4) is 0 Å². The average Bonchev–Trinajstić information content (AvgIpc) is 2.97. The van der Waals surface area contributed by atoms with Gasteiger partial charge >= 0.3 is 0 Å². The van der Waals surface area contributed by atoms with Crippen LogP contribution in [0.4, 0.5) is 0 Å². The summed E-state index contributed by atoms with van der Waals surface area (Å²) in [4.78, 5) is 9.64. The Bertz CT molecular complexity index is 606. The third-order valence-corrected chi connectivity index (χ3v) is 4.23. The molecular formula is C14H15N3. The molecule has 3 nitrogen and oxygen atoms in total. The van der Waals surface area contributed by atoms with E-state index in [1.807, 2.05) is 0 Å². The van der Waals surface area contributed by atoms with Gasteiger partial charge in [0, 0.05) is 18.4 Å². The quantitative estimate of drug-likeness (QED) is 0.811. The van der Waals surface area contributed by atoms with Crippen molar-refractivity contribution in [3.63, 3.8) is 0 Å². The van der Waals surface area contributed by atoms with Crippen LogP contribution in [0.5, 0.6) is 0 Å². The van der Waals surface area contributed by atoms with Gasteiger partial charge in [-0.3, -0.25) is 0 Å². The molecule has 2 atom stereocenters. The van der Waals surface area contributed by atoms with Crippen molar-refractivity contribution in [2.75, 3.05) is 0 Å². The molecular weight excluding hydrogens is 210 g/mol. The molecule has 1 aromatic carbocycles. The molecule has 0 radical (unpaired) electrons. The maximum absolute atomic E-state index is 5.67. The summed E-state index contributed by atoms with van der Waals surface area (Å²) in [5, 5.41) is 0. The van der Waals surface area contributed by atoms with E-state index in [9.17, 15) is 0 Å². The Morgan fingerprint density at radius 3 is 2.47 bits per heavy atom. The highest BCUT2D eigenvalue weighted by atomic mass is 14.9. The number of benzene rings is 1. The Morgan fingerprint density at radius 2 is 1.76 bits per heavy atom. The normalized spacial score (nSPS) is 25.5. The second kappa shape index (κ2) is 3.26. The lowest BCUT2D eigenvalue weighted by Crippen LogP contribution is -2.05. The minimum Gasteiger partial charge on any atom is -0.326 e. The van der Waals surface area contributed by atoms with Crippen LogP contribution in [-0.4, -0.2) is 9.97 Å². The van der Waals surface area contributed by atoms with Crippen LogP contribution in [0.15, 0.2) is 18.2 Å². The number of nitrogens with two attached hydrogens (primary N) is 1. The van der Waals surface area contributed by atoms with E-state index in [2.05, 4.69) is 18.2 Å². The van der Waals surface area contributed by atoms with Crippen molar-refractivity contribution >= 4 is 11.0 Å². The predicted octanol–water partition coefficient (Wildman–Crippen LogP) is 2.45. The molecule has 86 valence electrons. The van der Waals surface area contributed by atoms with Gasteiger partial charge in [-0.2, -0.15) is 0 Å². The topological polar surface area (TPSA) is 51.8 Å². The Labute approximate surface area is 100 Å². The monoisotopic (exact) mass is 225 g/mol. The van der Waals surface area contributed by atoms with Crippen LogP contribution in [0.2, 0.25) is 0 Å². The standard InChI is InChI=1S/C14H15N3/c15-7-8-1-4-11-12(5-8)17-14-10-3-2-9(6-10)13(14)16-11/h1,4-5,9-10H,2-3,6-7,15H2/t9-,10-/m0/s1. The maximum Gasteiger partial charge on any atom is 0.0893 e. The fourth-order valence-corrected chi connectivity index (χ4v) is 3.33. The molecule has 0 aliphatic heterocycles. The van der Waals surface area contributed by atoms with Gasteiger partial charge in [-0.15, -0.1) is 0 Å². The van der Waals surface area contributed by atoms with Gasteiger partial charge in [0.05, 0.1) is 22.4 Å². The van der Waals surface area contributed by atoms with Crippen LogP contribution in [0.25, 0.3) is 11.0 Å². The van der Waals surface area contributed by atoms with Crippen molar-refractivity contribution < 1.29 is 0 Å². The van der Waals surface area contributed by atoms with Gasteiger partial charge in [-0.05, 0) is 37.0 Å². The maximum atomic E-state index is 5.67. The first-order valence-corrected chi connectivity index (χ1v) is 6.35. The lowest BCUT2D eigenvalue weighted by Gasteiger charge is -2.14. The van der Waals surface area contributed by atoms with E-state index in [4.69, 9.17) is 15.7 Å². The summed E-state index contributed by atoms with van der Waals surface area (Å²) in [6, 6.07) is 6.18. The zero-order valence-electron chi connectivity index (χ0n) is 9.69. The smallest absolute Gasteiger partial charge is 0.0893 e. The van der Waals surface area contributed by atoms with Crippen molar-refractivity contribution in [1.29, 1.82) is 0 Å². The summed E-state index contributed by atoms with van der Waals surface area (Å²) >= 11 is 0. The fourth-order valence-electron chi connectivity index (χ4n) is 3.33. The average molecular weight is 225 g/mol. The van der Waals surface area contributed by atoms with Gasteiger partial charge in [0.25, 0.3) is 0 Å². The third kappa shape index (κ3) is 1.26. The fraction of sp³-hybridized carbons (Fsp3) is 0.429. The van der Waals surface area contributed by atoms with Crippen LogP contribution in [0.3, 0.4) is 0 Å². The summed E-state index contributed by atoms with van der Waals surface area (Å²) < 4.78 is 0. The third-order valence-electron chi connectivity index (χ3n) is 4.23. The number of hydrogen-bond acceptors (Lipinski definition) is 3. The number of nitrogens with zero attached hydrogens (tertiary/aromatic N) is 2. The van der Waals surface area contributed by atoms with Gasteiger partial charge in [0.2, 0.25) is 0 Å². The molecule has 2 aliphatic rings.